The third-order valence-corrected chi connectivity index (χ3v) is 4.44. The summed E-state index contributed by atoms with van der Waals surface area (Å²) >= 11 is 0. The van der Waals surface area contributed by atoms with E-state index in [1.807, 2.05) is 18.5 Å². The van der Waals surface area contributed by atoms with Gasteiger partial charge in [-0.05, 0) is 49.7 Å². The van der Waals surface area contributed by atoms with Gasteiger partial charge in [-0.3, -0.25) is 4.98 Å². The van der Waals surface area contributed by atoms with Gasteiger partial charge in [-0.25, -0.2) is 0 Å². The first-order chi connectivity index (χ1) is 9.33. The van der Waals surface area contributed by atoms with Crippen LogP contribution in [-0.4, -0.2) is 11.0 Å². The minimum absolute atomic E-state index is 0.640. The largest absolute Gasteiger partial charge is 0.397 e. The molecule has 3 heteroatoms. The first kappa shape index (κ1) is 11.1. The van der Waals surface area contributed by atoms with Crippen LogP contribution in [0.3, 0.4) is 0 Å². The Hall–Kier alpha value is -1.77. The van der Waals surface area contributed by atoms with Gasteiger partial charge in [0.25, 0.3) is 0 Å². The number of nitrogen functional groups attached to an aromatic ring is 1. The van der Waals surface area contributed by atoms with E-state index in [0.29, 0.717) is 6.04 Å². The molecule has 0 spiro atoms. The van der Waals surface area contributed by atoms with Crippen LogP contribution in [0, 0.1) is 11.8 Å². The van der Waals surface area contributed by atoms with Gasteiger partial charge >= 0.3 is 0 Å². The van der Waals surface area contributed by atoms with Gasteiger partial charge in [-0.2, -0.15) is 0 Å². The van der Waals surface area contributed by atoms with Crippen LogP contribution < -0.4 is 11.1 Å². The zero-order valence-corrected chi connectivity index (χ0v) is 11.0. The number of nitrogens with two attached hydrogens (primary N) is 1. The van der Waals surface area contributed by atoms with Gasteiger partial charge < -0.3 is 11.1 Å². The van der Waals surface area contributed by atoms with Gasteiger partial charge in [0.2, 0.25) is 0 Å². The Kier molecular flexibility index (Phi) is 2.40. The van der Waals surface area contributed by atoms with Gasteiger partial charge in [0, 0.05) is 29.2 Å². The average molecular weight is 253 g/mol. The fourth-order valence-electron chi connectivity index (χ4n) is 3.03. The maximum absolute atomic E-state index is 6.32. The Morgan fingerprint density at radius 2 is 1.84 bits per heavy atom. The predicted molar refractivity (Wildman–Crippen MR) is 79.0 cm³/mol. The normalized spacial score (nSPS) is 19.0. The minimum atomic E-state index is 0.640. The van der Waals surface area contributed by atoms with E-state index in [4.69, 9.17) is 5.73 Å². The molecule has 2 fully saturated rings. The van der Waals surface area contributed by atoms with Crippen LogP contribution >= 0.6 is 0 Å². The molecule has 2 saturated carbocycles. The molecule has 3 N–H and O–H groups in total. The van der Waals surface area contributed by atoms with E-state index in [1.165, 1.54) is 25.7 Å². The quantitative estimate of drug-likeness (QED) is 0.821. The lowest BCUT2D eigenvalue weighted by Gasteiger charge is -2.21. The number of nitrogens with one attached hydrogen (secondary N) is 1. The topological polar surface area (TPSA) is 50.9 Å². The maximum atomic E-state index is 6.32. The van der Waals surface area contributed by atoms with E-state index in [0.717, 1.165) is 34.0 Å². The lowest BCUT2D eigenvalue weighted by atomic mass is 10.1. The summed E-state index contributed by atoms with van der Waals surface area (Å²) < 4.78 is 0. The molecule has 0 atom stereocenters. The summed E-state index contributed by atoms with van der Waals surface area (Å²) in [6, 6.07) is 6.86. The number of hydrogen-bond donors (Lipinski definition) is 2. The van der Waals surface area contributed by atoms with Gasteiger partial charge in [-0.15, -0.1) is 0 Å². The highest BCUT2D eigenvalue weighted by Crippen LogP contribution is 2.46. The van der Waals surface area contributed by atoms with Crippen LogP contribution in [0.5, 0.6) is 0 Å². The Bertz CT molecular complexity index is 602. The Labute approximate surface area is 113 Å². The Morgan fingerprint density at radius 3 is 2.53 bits per heavy atom. The highest BCUT2D eigenvalue weighted by molar-refractivity contribution is 5.98. The minimum Gasteiger partial charge on any atom is -0.397 e. The number of nitrogens with zero attached hydrogens (tertiary/aromatic N) is 1. The van der Waals surface area contributed by atoms with Crippen LogP contribution in [0.2, 0.25) is 0 Å². The molecule has 1 aromatic heterocycles. The molecule has 0 amide bonds. The van der Waals surface area contributed by atoms with Crippen molar-refractivity contribution in [2.45, 2.75) is 31.7 Å². The monoisotopic (exact) mass is 253 g/mol. The molecule has 1 aromatic carbocycles. The molecule has 2 aromatic rings. The molecule has 4 rings (SSSR count). The Balaban J connectivity index is 1.68. The standard InChI is InChI=1S/C16H19N3/c17-15-13-7-8-18-9-12(13)5-6-14(15)19-16(10-1-2-10)11-3-4-11/h5-11,16,19H,1-4,17H2. The summed E-state index contributed by atoms with van der Waals surface area (Å²) in [6.07, 6.45) is 9.20. The summed E-state index contributed by atoms with van der Waals surface area (Å²) in [4.78, 5) is 4.15. The SMILES string of the molecule is Nc1c(NC(C2CC2)C2CC2)ccc2cnccc12. The molecule has 0 radical (unpaired) electrons. The maximum Gasteiger partial charge on any atom is 0.0630 e. The highest BCUT2D eigenvalue weighted by Gasteiger charge is 2.41. The third-order valence-electron chi connectivity index (χ3n) is 4.44. The summed E-state index contributed by atoms with van der Waals surface area (Å²) in [5.74, 6) is 1.75. The molecule has 2 aliphatic rings. The second kappa shape index (κ2) is 4.12. The van der Waals surface area contributed by atoms with E-state index < -0.39 is 0 Å². The summed E-state index contributed by atoms with van der Waals surface area (Å²) in [5, 5.41) is 5.93. The van der Waals surface area contributed by atoms with Crippen molar-refractivity contribution < 1.29 is 0 Å². The molecular weight excluding hydrogens is 234 g/mol. The van der Waals surface area contributed by atoms with Crippen LogP contribution in [0.1, 0.15) is 25.7 Å². The van der Waals surface area contributed by atoms with E-state index in [-0.39, 0.29) is 0 Å². The van der Waals surface area contributed by atoms with Gasteiger partial charge in [0.15, 0.2) is 0 Å². The smallest absolute Gasteiger partial charge is 0.0630 e. The van der Waals surface area contributed by atoms with E-state index >= 15 is 0 Å². The highest BCUT2D eigenvalue weighted by atomic mass is 15.0. The molecular formula is C16H19N3. The lowest BCUT2D eigenvalue weighted by Crippen LogP contribution is -2.24. The molecule has 0 saturated heterocycles. The molecule has 19 heavy (non-hydrogen) atoms. The Morgan fingerprint density at radius 1 is 1.11 bits per heavy atom. The zero-order chi connectivity index (χ0) is 12.8. The first-order valence-electron chi connectivity index (χ1n) is 7.21. The fraction of sp³-hybridized carbons (Fsp3) is 0.438. The van der Waals surface area contributed by atoms with E-state index in [2.05, 4.69) is 22.4 Å². The summed E-state index contributed by atoms with van der Waals surface area (Å²) in [5.41, 5.74) is 8.28. The van der Waals surface area contributed by atoms with Crippen molar-refractivity contribution in [1.29, 1.82) is 0 Å². The molecule has 1 heterocycles. The fourth-order valence-corrected chi connectivity index (χ4v) is 3.03. The van der Waals surface area contributed by atoms with Crippen molar-refractivity contribution in [3.8, 4) is 0 Å². The van der Waals surface area contributed by atoms with Crippen molar-refractivity contribution in [3.63, 3.8) is 0 Å². The number of pyridine rings is 1. The van der Waals surface area contributed by atoms with Gasteiger partial charge in [-0.1, -0.05) is 6.07 Å². The zero-order valence-electron chi connectivity index (χ0n) is 11.0. The third kappa shape index (κ3) is 2.03. The lowest BCUT2D eigenvalue weighted by molar-refractivity contribution is 0.568. The first-order valence-corrected chi connectivity index (χ1v) is 7.21. The molecule has 3 nitrogen and oxygen atoms in total. The molecule has 0 bridgehead atoms. The van der Waals surface area contributed by atoms with Crippen molar-refractivity contribution in [3.05, 3.63) is 30.6 Å². The van der Waals surface area contributed by atoms with Crippen LogP contribution in [-0.2, 0) is 0 Å². The predicted octanol–water partition coefficient (Wildman–Crippen LogP) is 3.42. The molecule has 0 aliphatic heterocycles. The number of fused-ring (bicyclic) bond motifs is 1. The van der Waals surface area contributed by atoms with E-state index in [1.54, 1.807) is 0 Å². The molecule has 0 unspecified atom stereocenters. The molecule has 98 valence electrons. The number of rotatable bonds is 4. The molecule has 2 aliphatic carbocycles. The van der Waals surface area contributed by atoms with Crippen molar-refractivity contribution in [2.24, 2.45) is 11.8 Å². The number of anilines is 2. The van der Waals surface area contributed by atoms with Crippen molar-refractivity contribution in [2.75, 3.05) is 11.1 Å². The number of hydrogen-bond acceptors (Lipinski definition) is 3. The van der Waals surface area contributed by atoms with Gasteiger partial charge in [0.1, 0.15) is 0 Å². The summed E-state index contributed by atoms with van der Waals surface area (Å²) in [7, 11) is 0. The second-order valence-corrected chi connectivity index (χ2v) is 5.97. The van der Waals surface area contributed by atoms with Crippen LogP contribution in [0.15, 0.2) is 30.6 Å². The average Bonchev–Trinajstić information content (AvgIpc) is 3.30. The van der Waals surface area contributed by atoms with Crippen molar-refractivity contribution in [1.82, 2.24) is 4.98 Å². The van der Waals surface area contributed by atoms with Crippen molar-refractivity contribution >= 4 is 22.1 Å². The van der Waals surface area contributed by atoms with Crippen LogP contribution in [0.25, 0.3) is 10.8 Å². The summed E-state index contributed by atoms with van der Waals surface area (Å²) in [6.45, 7) is 0. The second-order valence-electron chi connectivity index (χ2n) is 5.97. The number of benzene rings is 1. The number of aromatic nitrogens is 1. The van der Waals surface area contributed by atoms with Crippen LogP contribution in [0.4, 0.5) is 11.4 Å². The van der Waals surface area contributed by atoms with Gasteiger partial charge in [0.05, 0.1) is 11.4 Å². The van der Waals surface area contributed by atoms with E-state index in [9.17, 15) is 0 Å².